The number of benzene rings is 3. The van der Waals surface area contributed by atoms with Crippen LogP contribution in [0.15, 0.2) is 65.8 Å². The van der Waals surface area contributed by atoms with E-state index < -0.39 is 4.92 Å². The summed E-state index contributed by atoms with van der Waals surface area (Å²) in [5, 5.41) is 17.2. The van der Waals surface area contributed by atoms with E-state index in [-0.39, 0.29) is 5.69 Å². The number of nitrogens with zero attached hydrogens (tertiary/aromatic N) is 2. The number of hydrogen-bond donors (Lipinski definition) is 1. The Balaban J connectivity index is 1.79. The van der Waals surface area contributed by atoms with E-state index in [0.717, 1.165) is 27.8 Å². The summed E-state index contributed by atoms with van der Waals surface area (Å²) >= 11 is 0. The average molecular weight is 335 g/mol. The molecule has 3 rings (SSSR count). The second kappa shape index (κ2) is 7.00. The van der Waals surface area contributed by atoms with E-state index in [1.807, 2.05) is 37.3 Å². The van der Waals surface area contributed by atoms with Crippen LogP contribution in [0.5, 0.6) is 5.75 Å². The van der Waals surface area contributed by atoms with E-state index >= 15 is 0 Å². The third-order valence-electron chi connectivity index (χ3n) is 3.90. The Morgan fingerprint density at radius 3 is 2.40 bits per heavy atom. The van der Waals surface area contributed by atoms with Crippen LogP contribution in [0.1, 0.15) is 12.5 Å². The van der Waals surface area contributed by atoms with E-state index in [0.29, 0.717) is 5.69 Å². The topological polar surface area (TPSA) is 76.8 Å². The van der Waals surface area contributed by atoms with Crippen molar-refractivity contribution in [3.63, 3.8) is 0 Å². The highest BCUT2D eigenvalue weighted by Gasteiger charge is 2.04. The van der Waals surface area contributed by atoms with Gasteiger partial charge in [0.2, 0.25) is 0 Å². The van der Waals surface area contributed by atoms with Gasteiger partial charge in [0.05, 0.1) is 23.4 Å². The molecule has 6 heteroatoms. The fraction of sp³-hybridized carbons (Fsp3) is 0.105. The number of fused-ring (bicyclic) bond motifs is 1. The maximum atomic E-state index is 10.7. The zero-order valence-corrected chi connectivity index (χ0v) is 13.9. The van der Waals surface area contributed by atoms with Crippen molar-refractivity contribution in [2.24, 2.45) is 5.10 Å². The quantitative estimate of drug-likeness (QED) is 0.420. The lowest BCUT2D eigenvalue weighted by molar-refractivity contribution is -0.384. The van der Waals surface area contributed by atoms with Crippen LogP contribution in [0.3, 0.4) is 0 Å². The lowest BCUT2D eigenvalue weighted by Gasteiger charge is -2.06. The molecule has 0 bridgehead atoms. The normalized spacial score (nSPS) is 11.4. The first-order valence-electron chi connectivity index (χ1n) is 7.70. The third-order valence-corrected chi connectivity index (χ3v) is 3.90. The number of anilines is 1. The number of hydrogen-bond acceptors (Lipinski definition) is 5. The van der Waals surface area contributed by atoms with Gasteiger partial charge in [0.15, 0.2) is 0 Å². The summed E-state index contributed by atoms with van der Waals surface area (Å²) in [7, 11) is 1.65. The van der Waals surface area contributed by atoms with Gasteiger partial charge in [0, 0.05) is 12.1 Å². The molecule has 0 aliphatic rings. The number of methoxy groups -OCH3 is 1. The van der Waals surface area contributed by atoms with E-state index in [9.17, 15) is 10.1 Å². The fourth-order valence-corrected chi connectivity index (χ4v) is 2.45. The van der Waals surface area contributed by atoms with Crippen LogP contribution in [-0.4, -0.2) is 17.7 Å². The van der Waals surface area contributed by atoms with E-state index in [4.69, 9.17) is 4.74 Å². The summed E-state index contributed by atoms with van der Waals surface area (Å²) in [4.78, 5) is 10.2. The summed E-state index contributed by atoms with van der Waals surface area (Å²) < 4.78 is 5.23. The third kappa shape index (κ3) is 3.74. The summed E-state index contributed by atoms with van der Waals surface area (Å²) in [6.45, 7) is 1.91. The Morgan fingerprint density at radius 2 is 1.72 bits per heavy atom. The fourth-order valence-electron chi connectivity index (χ4n) is 2.45. The van der Waals surface area contributed by atoms with Gasteiger partial charge < -0.3 is 4.74 Å². The number of nitro groups is 1. The molecule has 126 valence electrons. The molecular formula is C19H17N3O3. The van der Waals surface area contributed by atoms with Gasteiger partial charge in [-0.3, -0.25) is 15.5 Å². The van der Waals surface area contributed by atoms with Crippen LogP contribution in [0.2, 0.25) is 0 Å². The van der Waals surface area contributed by atoms with Crippen LogP contribution >= 0.6 is 0 Å². The first-order valence-corrected chi connectivity index (χ1v) is 7.70. The zero-order chi connectivity index (χ0) is 17.8. The summed E-state index contributed by atoms with van der Waals surface area (Å²) in [5.74, 6) is 0.825. The Kier molecular flexibility index (Phi) is 4.61. The van der Waals surface area contributed by atoms with Crippen molar-refractivity contribution in [2.45, 2.75) is 6.92 Å². The van der Waals surface area contributed by atoms with Crippen LogP contribution in [0, 0.1) is 10.1 Å². The van der Waals surface area contributed by atoms with E-state index in [2.05, 4.69) is 16.6 Å². The van der Waals surface area contributed by atoms with Crippen LogP contribution < -0.4 is 10.2 Å². The number of non-ortho nitro benzene ring substituents is 1. The first-order chi connectivity index (χ1) is 12.1. The molecule has 3 aromatic rings. The van der Waals surface area contributed by atoms with E-state index in [1.165, 1.54) is 12.1 Å². The first kappa shape index (κ1) is 16.4. The van der Waals surface area contributed by atoms with Gasteiger partial charge in [-0.1, -0.05) is 18.2 Å². The van der Waals surface area contributed by atoms with Gasteiger partial charge in [-0.25, -0.2) is 0 Å². The van der Waals surface area contributed by atoms with Gasteiger partial charge in [-0.05, 0) is 53.6 Å². The molecule has 0 fully saturated rings. The maximum Gasteiger partial charge on any atom is 0.269 e. The van der Waals surface area contributed by atoms with Crippen molar-refractivity contribution < 1.29 is 9.66 Å². The molecule has 0 aromatic heterocycles. The molecule has 0 spiro atoms. The smallest absolute Gasteiger partial charge is 0.269 e. The Labute approximate surface area is 144 Å². The summed E-state index contributed by atoms with van der Waals surface area (Å²) in [6.07, 6.45) is 0. The lowest BCUT2D eigenvalue weighted by Crippen LogP contribution is -2.00. The molecule has 3 aromatic carbocycles. The molecule has 0 radical (unpaired) electrons. The number of ether oxygens (including phenoxy) is 1. The van der Waals surface area contributed by atoms with Gasteiger partial charge in [0.1, 0.15) is 5.75 Å². The molecule has 0 atom stereocenters. The number of hydrazone groups is 1. The number of nitro benzene ring substituents is 1. The Morgan fingerprint density at radius 1 is 1.04 bits per heavy atom. The van der Waals surface area contributed by atoms with Gasteiger partial charge in [-0.2, -0.15) is 5.10 Å². The van der Waals surface area contributed by atoms with Crippen molar-refractivity contribution in [3.8, 4) is 5.75 Å². The Bertz CT molecular complexity index is 950. The van der Waals surface area contributed by atoms with Crippen molar-refractivity contribution in [1.29, 1.82) is 0 Å². The number of nitrogens with one attached hydrogen (secondary N) is 1. The predicted octanol–water partition coefficient (Wildman–Crippen LogP) is 4.59. The molecule has 0 saturated carbocycles. The van der Waals surface area contributed by atoms with Gasteiger partial charge >= 0.3 is 0 Å². The lowest BCUT2D eigenvalue weighted by atomic mass is 10.0. The molecule has 0 saturated heterocycles. The largest absolute Gasteiger partial charge is 0.497 e. The summed E-state index contributed by atoms with van der Waals surface area (Å²) in [5.41, 5.74) is 5.47. The minimum absolute atomic E-state index is 0.0520. The summed E-state index contributed by atoms with van der Waals surface area (Å²) in [6, 6.07) is 18.1. The molecule has 0 aliphatic carbocycles. The maximum absolute atomic E-state index is 10.7. The van der Waals surface area contributed by atoms with Crippen molar-refractivity contribution >= 4 is 27.9 Å². The predicted molar refractivity (Wildman–Crippen MR) is 99.4 cm³/mol. The molecule has 6 nitrogen and oxygen atoms in total. The van der Waals surface area contributed by atoms with Crippen LogP contribution in [0.25, 0.3) is 10.8 Å². The SMILES string of the molecule is COc1ccc2cc(/C(C)=N/Nc3ccc([N+](=O)[O-])cc3)ccc2c1. The van der Waals surface area contributed by atoms with Crippen molar-refractivity contribution in [2.75, 3.05) is 12.5 Å². The standard InChI is InChI=1S/C19H17N3O3/c1-13(20-21-17-6-8-18(9-7-17)22(23)24)14-3-4-16-12-19(25-2)10-5-15(16)11-14/h3-12,21H,1-2H3/b20-13+. The second-order valence-corrected chi connectivity index (χ2v) is 5.54. The highest BCUT2D eigenvalue weighted by Crippen LogP contribution is 2.22. The average Bonchev–Trinajstić information content (AvgIpc) is 2.65. The van der Waals surface area contributed by atoms with Gasteiger partial charge in [-0.15, -0.1) is 0 Å². The highest BCUT2D eigenvalue weighted by molar-refractivity contribution is 6.02. The molecule has 0 heterocycles. The monoisotopic (exact) mass is 335 g/mol. The second-order valence-electron chi connectivity index (χ2n) is 5.54. The Hall–Kier alpha value is -3.41. The number of rotatable bonds is 5. The van der Waals surface area contributed by atoms with Crippen LogP contribution in [0.4, 0.5) is 11.4 Å². The minimum atomic E-state index is -0.428. The van der Waals surface area contributed by atoms with E-state index in [1.54, 1.807) is 19.2 Å². The van der Waals surface area contributed by atoms with Crippen molar-refractivity contribution in [1.82, 2.24) is 0 Å². The molecule has 0 aliphatic heterocycles. The highest BCUT2D eigenvalue weighted by atomic mass is 16.6. The molecule has 0 unspecified atom stereocenters. The minimum Gasteiger partial charge on any atom is -0.497 e. The van der Waals surface area contributed by atoms with Gasteiger partial charge in [0.25, 0.3) is 5.69 Å². The molecule has 0 amide bonds. The molecular weight excluding hydrogens is 318 g/mol. The van der Waals surface area contributed by atoms with Crippen LogP contribution in [-0.2, 0) is 0 Å². The molecule has 25 heavy (non-hydrogen) atoms. The molecule has 1 N–H and O–H groups in total. The van der Waals surface area contributed by atoms with Crippen molar-refractivity contribution in [3.05, 3.63) is 76.3 Å². The zero-order valence-electron chi connectivity index (χ0n) is 13.9.